The molecule has 2 amide bonds. The molecule has 0 N–H and O–H groups in total. The van der Waals surface area contributed by atoms with Crippen molar-refractivity contribution in [1.29, 1.82) is 0 Å². The van der Waals surface area contributed by atoms with E-state index in [9.17, 15) is 9.59 Å². The summed E-state index contributed by atoms with van der Waals surface area (Å²) < 4.78 is 0. The number of amides is 2. The van der Waals surface area contributed by atoms with Crippen molar-refractivity contribution in [1.82, 2.24) is 19.6 Å². The van der Waals surface area contributed by atoms with E-state index in [1.807, 2.05) is 27.3 Å². The minimum atomic E-state index is -0.251. The van der Waals surface area contributed by atoms with Crippen LogP contribution in [0.2, 0.25) is 0 Å². The molecule has 30 heavy (non-hydrogen) atoms. The van der Waals surface area contributed by atoms with Crippen molar-refractivity contribution in [2.45, 2.75) is 45.1 Å². The van der Waals surface area contributed by atoms with Gasteiger partial charge in [0.15, 0.2) is 0 Å². The second kappa shape index (κ2) is 9.37. The highest BCUT2D eigenvalue weighted by Crippen LogP contribution is 2.33. The van der Waals surface area contributed by atoms with E-state index in [0.29, 0.717) is 6.42 Å². The fourth-order valence-electron chi connectivity index (χ4n) is 5.17. The first kappa shape index (κ1) is 21.8. The van der Waals surface area contributed by atoms with Gasteiger partial charge in [0.05, 0.1) is 6.42 Å². The molecule has 4 rings (SSSR count). The van der Waals surface area contributed by atoms with Crippen molar-refractivity contribution in [3.8, 4) is 0 Å². The van der Waals surface area contributed by atoms with Gasteiger partial charge in [-0.1, -0.05) is 13.0 Å². The van der Waals surface area contributed by atoms with Gasteiger partial charge in [-0.15, -0.1) is 11.3 Å². The van der Waals surface area contributed by atoms with Crippen LogP contribution in [0.25, 0.3) is 0 Å². The molecule has 166 valence electrons. The van der Waals surface area contributed by atoms with Crippen LogP contribution in [0.1, 0.15) is 37.5 Å². The lowest BCUT2D eigenvalue weighted by atomic mass is 9.79. The summed E-state index contributed by atoms with van der Waals surface area (Å²) in [6, 6.07) is 3.73. The molecule has 0 bridgehead atoms. The van der Waals surface area contributed by atoms with Gasteiger partial charge >= 0.3 is 0 Å². The van der Waals surface area contributed by atoms with Gasteiger partial charge < -0.3 is 19.6 Å². The lowest BCUT2D eigenvalue weighted by Crippen LogP contribution is -2.54. The number of thiophene rings is 1. The highest BCUT2D eigenvalue weighted by Gasteiger charge is 2.40. The molecule has 3 saturated heterocycles. The van der Waals surface area contributed by atoms with E-state index in [0.717, 1.165) is 82.9 Å². The maximum Gasteiger partial charge on any atom is 0.245 e. The van der Waals surface area contributed by atoms with E-state index in [1.165, 1.54) is 0 Å². The van der Waals surface area contributed by atoms with Gasteiger partial charge in [-0.05, 0) is 49.6 Å². The Balaban J connectivity index is 1.29. The van der Waals surface area contributed by atoms with Crippen molar-refractivity contribution in [3.63, 3.8) is 0 Å². The van der Waals surface area contributed by atoms with Crippen molar-refractivity contribution >= 4 is 23.2 Å². The quantitative estimate of drug-likeness (QED) is 0.715. The van der Waals surface area contributed by atoms with Crippen LogP contribution >= 0.6 is 11.3 Å². The second-order valence-corrected chi connectivity index (χ2v) is 10.7. The lowest BCUT2D eigenvalue weighted by molar-refractivity contribution is -0.145. The molecule has 0 aromatic carbocycles. The molecule has 0 spiro atoms. The summed E-state index contributed by atoms with van der Waals surface area (Å²) in [6.07, 6.45) is 4.28. The van der Waals surface area contributed by atoms with Gasteiger partial charge in [0.1, 0.15) is 6.04 Å². The first-order valence-electron chi connectivity index (χ1n) is 11.5. The molecular weight excluding hydrogens is 396 g/mol. The monoisotopic (exact) mass is 432 g/mol. The fourth-order valence-corrected chi connectivity index (χ4v) is 5.86. The number of carbonyl (C=O) groups excluding carboxylic acids is 2. The summed E-state index contributed by atoms with van der Waals surface area (Å²) in [5.41, 5.74) is 0.289. The van der Waals surface area contributed by atoms with Crippen LogP contribution in [0, 0.1) is 5.41 Å². The zero-order chi connectivity index (χ0) is 21.1. The number of piperazine rings is 1. The van der Waals surface area contributed by atoms with E-state index >= 15 is 0 Å². The number of carbonyl (C=O) groups is 2. The Kier molecular flexibility index (Phi) is 6.80. The molecule has 1 aromatic heterocycles. The number of hydrogen-bond donors (Lipinski definition) is 0. The topological polar surface area (TPSA) is 47.1 Å². The van der Waals surface area contributed by atoms with Crippen molar-refractivity contribution in [2.24, 2.45) is 5.41 Å². The highest BCUT2D eigenvalue weighted by molar-refractivity contribution is 7.10. The maximum absolute atomic E-state index is 13.3. The molecule has 3 aliphatic heterocycles. The molecule has 4 heterocycles. The minimum absolute atomic E-state index is 0.102. The molecule has 1 unspecified atom stereocenters. The first-order chi connectivity index (χ1) is 14.4. The Morgan fingerprint density at radius 2 is 1.83 bits per heavy atom. The third kappa shape index (κ3) is 5.06. The number of hydrogen-bond acceptors (Lipinski definition) is 5. The maximum atomic E-state index is 13.3. The molecule has 6 nitrogen and oxygen atoms in total. The average Bonchev–Trinajstić information content (AvgIpc) is 3.41. The predicted octanol–water partition coefficient (Wildman–Crippen LogP) is 2.16. The summed E-state index contributed by atoms with van der Waals surface area (Å²) in [4.78, 5) is 36.0. The van der Waals surface area contributed by atoms with Crippen LogP contribution < -0.4 is 0 Å². The zero-order valence-corrected chi connectivity index (χ0v) is 19.3. The van der Waals surface area contributed by atoms with E-state index in [2.05, 4.69) is 23.8 Å². The Labute approximate surface area is 184 Å². The van der Waals surface area contributed by atoms with E-state index in [4.69, 9.17) is 0 Å². The Morgan fingerprint density at radius 3 is 2.50 bits per heavy atom. The van der Waals surface area contributed by atoms with Gasteiger partial charge in [0, 0.05) is 57.2 Å². The third-order valence-electron chi connectivity index (χ3n) is 7.25. The van der Waals surface area contributed by atoms with Crippen LogP contribution in [-0.4, -0.2) is 96.9 Å². The second-order valence-electron chi connectivity index (χ2n) is 9.72. The summed E-state index contributed by atoms with van der Waals surface area (Å²) >= 11 is 1.61. The summed E-state index contributed by atoms with van der Waals surface area (Å²) in [7, 11) is 2.20. The Morgan fingerprint density at radius 1 is 1.10 bits per heavy atom. The van der Waals surface area contributed by atoms with Crippen LogP contribution in [-0.2, 0) is 16.0 Å². The number of piperidine rings is 1. The lowest BCUT2D eigenvalue weighted by Gasteiger charge is -2.44. The Hall–Kier alpha value is -1.44. The standard InChI is InChI=1S/C23H36N4O2S/c1-23(18-25-14-12-24(2)13-15-25)7-10-26(11-8-23)22(29)20-6-3-9-27(20)21(28)17-19-5-4-16-30-19/h4-5,16,20H,3,6-15,17-18H2,1-2H3. The highest BCUT2D eigenvalue weighted by atomic mass is 32.1. The average molecular weight is 433 g/mol. The van der Waals surface area contributed by atoms with Gasteiger partial charge in [-0.3, -0.25) is 9.59 Å². The third-order valence-corrected chi connectivity index (χ3v) is 8.12. The molecule has 0 radical (unpaired) electrons. The van der Waals surface area contributed by atoms with E-state index in [1.54, 1.807) is 11.3 Å². The summed E-state index contributed by atoms with van der Waals surface area (Å²) in [6.45, 7) is 10.5. The van der Waals surface area contributed by atoms with Crippen LogP contribution in [0.4, 0.5) is 0 Å². The molecular formula is C23H36N4O2S. The molecule has 0 saturated carbocycles. The van der Waals surface area contributed by atoms with Crippen molar-refractivity contribution < 1.29 is 9.59 Å². The SMILES string of the molecule is CN1CCN(CC2(C)CCN(C(=O)C3CCCN3C(=O)Cc3cccs3)CC2)CC1. The van der Waals surface area contributed by atoms with Crippen LogP contribution in [0.3, 0.4) is 0 Å². The predicted molar refractivity (Wildman–Crippen MR) is 121 cm³/mol. The fraction of sp³-hybridized carbons (Fsp3) is 0.739. The number of likely N-dealkylation sites (tertiary alicyclic amines) is 2. The molecule has 3 fully saturated rings. The first-order valence-corrected chi connectivity index (χ1v) is 12.3. The van der Waals surface area contributed by atoms with E-state index in [-0.39, 0.29) is 23.3 Å². The van der Waals surface area contributed by atoms with Crippen molar-refractivity contribution in [3.05, 3.63) is 22.4 Å². The molecule has 7 heteroatoms. The molecule has 3 aliphatic rings. The summed E-state index contributed by atoms with van der Waals surface area (Å²) in [5.74, 6) is 0.277. The zero-order valence-electron chi connectivity index (χ0n) is 18.5. The summed E-state index contributed by atoms with van der Waals surface area (Å²) in [5, 5.41) is 2.00. The number of likely N-dealkylation sites (N-methyl/N-ethyl adjacent to an activating group) is 1. The van der Waals surface area contributed by atoms with Gasteiger partial charge in [0.2, 0.25) is 11.8 Å². The van der Waals surface area contributed by atoms with E-state index < -0.39 is 0 Å². The minimum Gasteiger partial charge on any atom is -0.341 e. The normalized spacial score (nSPS) is 25.6. The van der Waals surface area contributed by atoms with Crippen LogP contribution in [0.5, 0.6) is 0 Å². The molecule has 1 atom stereocenters. The van der Waals surface area contributed by atoms with Gasteiger partial charge in [-0.2, -0.15) is 0 Å². The number of nitrogens with zero attached hydrogens (tertiary/aromatic N) is 4. The van der Waals surface area contributed by atoms with Crippen LogP contribution in [0.15, 0.2) is 17.5 Å². The molecule has 0 aliphatic carbocycles. The number of rotatable bonds is 5. The van der Waals surface area contributed by atoms with Gasteiger partial charge in [-0.25, -0.2) is 0 Å². The Bertz CT molecular complexity index is 722. The van der Waals surface area contributed by atoms with Crippen molar-refractivity contribution in [2.75, 3.05) is 59.4 Å². The largest absolute Gasteiger partial charge is 0.341 e. The molecule has 1 aromatic rings. The van der Waals surface area contributed by atoms with Gasteiger partial charge in [0.25, 0.3) is 0 Å². The smallest absolute Gasteiger partial charge is 0.245 e.